The summed E-state index contributed by atoms with van der Waals surface area (Å²) >= 11 is 0. The van der Waals surface area contributed by atoms with Gasteiger partial charge in [-0.1, -0.05) is 12.1 Å². The number of nitrogens with one attached hydrogen (secondary N) is 1. The van der Waals surface area contributed by atoms with Crippen molar-refractivity contribution >= 4 is 17.1 Å². The first-order valence-corrected chi connectivity index (χ1v) is 5.92. The number of nitro benzene ring substituents is 2. The van der Waals surface area contributed by atoms with Gasteiger partial charge >= 0.3 is 0 Å². The van der Waals surface area contributed by atoms with Gasteiger partial charge in [0.05, 0.1) is 15.9 Å². The van der Waals surface area contributed by atoms with Crippen molar-refractivity contribution in [2.24, 2.45) is 0 Å². The highest BCUT2D eigenvalue weighted by molar-refractivity contribution is 5.63. The molecule has 0 saturated heterocycles. The summed E-state index contributed by atoms with van der Waals surface area (Å²) in [7, 11) is 0. The van der Waals surface area contributed by atoms with Crippen molar-refractivity contribution in [1.82, 2.24) is 0 Å². The molecule has 0 unspecified atom stereocenters. The molecule has 108 valence electrons. The molecule has 0 aliphatic carbocycles. The third-order valence-electron chi connectivity index (χ3n) is 2.78. The zero-order valence-corrected chi connectivity index (χ0v) is 10.7. The maximum absolute atomic E-state index is 10.9. The highest BCUT2D eigenvalue weighted by Crippen LogP contribution is 2.28. The normalized spacial score (nSPS) is 10.1. The molecule has 0 atom stereocenters. The molecular weight excluding hydrogens is 278 g/mol. The second kappa shape index (κ2) is 5.87. The van der Waals surface area contributed by atoms with Crippen molar-refractivity contribution in [3.63, 3.8) is 0 Å². The van der Waals surface area contributed by atoms with E-state index in [0.717, 1.165) is 6.07 Å². The second-order valence-corrected chi connectivity index (χ2v) is 4.24. The van der Waals surface area contributed by atoms with Gasteiger partial charge in [0.15, 0.2) is 0 Å². The summed E-state index contributed by atoms with van der Waals surface area (Å²) in [5.74, 6) is -0.206. The topological polar surface area (TPSA) is 119 Å². The minimum atomic E-state index is -0.616. The number of phenolic OH excluding ortho intramolecular Hbond substituents is 1. The molecule has 21 heavy (non-hydrogen) atoms. The predicted octanol–water partition coefficient (Wildman–Crippen LogP) is 2.82. The van der Waals surface area contributed by atoms with Crippen LogP contribution in [-0.2, 0) is 6.54 Å². The van der Waals surface area contributed by atoms with E-state index in [0.29, 0.717) is 5.56 Å². The largest absolute Gasteiger partial charge is 0.508 e. The Morgan fingerprint density at radius 3 is 2.48 bits per heavy atom. The molecule has 2 rings (SSSR count). The Kier molecular flexibility index (Phi) is 3.98. The Bertz CT molecular complexity index is 702. The van der Waals surface area contributed by atoms with Gasteiger partial charge in [-0.15, -0.1) is 0 Å². The molecule has 0 amide bonds. The number of nitro groups is 2. The number of benzene rings is 2. The second-order valence-electron chi connectivity index (χ2n) is 4.24. The fourth-order valence-corrected chi connectivity index (χ4v) is 1.80. The van der Waals surface area contributed by atoms with Crippen LogP contribution in [0.25, 0.3) is 0 Å². The van der Waals surface area contributed by atoms with Crippen LogP contribution in [0.2, 0.25) is 0 Å². The van der Waals surface area contributed by atoms with Crippen molar-refractivity contribution < 1.29 is 15.0 Å². The van der Waals surface area contributed by atoms with Gasteiger partial charge in [-0.25, -0.2) is 0 Å². The summed E-state index contributed by atoms with van der Waals surface area (Å²) < 4.78 is 0. The lowest BCUT2D eigenvalue weighted by atomic mass is 10.2. The Morgan fingerprint density at radius 2 is 1.81 bits per heavy atom. The standard InChI is InChI=1S/C13H11N3O5/c17-11-4-5-12(13(7-11)16(20)21)14-8-9-2-1-3-10(6-9)15(18)19/h1-7,14,17H,8H2. The zero-order valence-electron chi connectivity index (χ0n) is 10.7. The molecule has 2 aromatic carbocycles. The number of aromatic hydroxyl groups is 1. The Balaban J connectivity index is 2.18. The minimum absolute atomic E-state index is 0.0468. The molecule has 0 aromatic heterocycles. The number of hydrogen-bond acceptors (Lipinski definition) is 6. The van der Waals surface area contributed by atoms with E-state index in [1.54, 1.807) is 12.1 Å². The number of anilines is 1. The van der Waals surface area contributed by atoms with Crippen molar-refractivity contribution in [3.05, 3.63) is 68.3 Å². The molecule has 0 aliphatic heterocycles. The quantitative estimate of drug-likeness (QED) is 0.496. The van der Waals surface area contributed by atoms with Crippen LogP contribution in [0.3, 0.4) is 0 Å². The molecule has 0 saturated carbocycles. The monoisotopic (exact) mass is 289 g/mol. The number of phenols is 1. The Labute approximate surface area is 119 Å². The number of nitrogens with zero attached hydrogens (tertiary/aromatic N) is 2. The molecule has 8 heteroatoms. The maximum Gasteiger partial charge on any atom is 0.296 e. The lowest BCUT2D eigenvalue weighted by Crippen LogP contribution is -2.03. The van der Waals surface area contributed by atoms with Gasteiger partial charge in [-0.05, 0) is 17.7 Å². The third kappa shape index (κ3) is 3.44. The molecule has 0 aliphatic rings. The van der Waals surface area contributed by atoms with E-state index in [1.165, 1.54) is 24.3 Å². The number of rotatable bonds is 5. The summed E-state index contributed by atoms with van der Waals surface area (Å²) in [6.07, 6.45) is 0. The van der Waals surface area contributed by atoms with Crippen LogP contribution in [0.4, 0.5) is 17.1 Å². The molecule has 0 fully saturated rings. The van der Waals surface area contributed by atoms with Crippen LogP contribution < -0.4 is 5.32 Å². The van der Waals surface area contributed by atoms with Gasteiger partial charge in [0, 0.05) is 18.7 Å². The van der Waals surface area contributed by atoms with Crippen LogP contribution in [0, 0.1) is 20.2 Å². The van der Waals surface area contributed by atoms with E-state index in [2.05, 4.69) is 5.32 Å². The molecule has 2 N–H and O–H groups in total. The maximum atomic E-state index is 10.9. The summed E-state index contributed by atoms with van der Waals surface area (Å²) in [6.45, 7) is 0.188. The summed E-state index contributed by atoms with van der Waals surface area (Å²) in [4.78, 5) is 20.4. The Morgan fingerprint density at radius 1 is 1.05 bits per heavy atom. The fourth-order valence-electron chi connectivity index (χ4n) is 1.80. The third-order valence-corrected chi connectivity index (χ3v) is 2.78. The highest BCUT2D eigenvalue weighted by atomic mass is 16.6. The molecule has 0 radical (unpaired) electrons. The summed E-state index contributed by atoms with van der Waals surface area (Å²) in [6, 6.07) is 9.71. The number of non-ortho nitro benzene ring substituents is 1. The predicted molar refractivity (Wildman–Crippen MR) is 75.2 cm³/mol. The van der Waals surface area contributed by atoms with Crippen LogP contribution in [0.5, 0.6) is 5.75 Å². The smallest absolute Gasteiger partial charge is 0.296 e. The minimum Gasteiger partial charge on any atom is -0.508 e. The first-order chi connectivity index (χ1) is 9.97. The zero-order chi connectivity index (χ0) is 15.4. The van der Waals surface area contributed by atoms with Gasteiger partial charge in [0.2, 0.25) is 0 Å². The molecule has 0 bridgehead atoms. The van der Waals surface area contributed by atoms with Crippen molar-refractivity contribution in [2.75, 3.05) is 5.32 Å². The fraction of sp³-hybridized carbons (Fsp3) is 0.0769. The molecule has 0 spiro atoms. The summed E-state index contributed by atoms with van der Waals surface area (Å²) in [5.41, 5.74) is 0.533. The van der Waals surface area contributed by atoms with Crippen LogP contribution in [-0.4, -0.2) is 15.0 Å². The van der Waals surface area contributed by atoms with Crippen molar-refractivity contribution in [2.45, 2.75) is 6.54 Å². The van der Waals surface area contributed by atoms with E-state index in [-0.39, 0.29) is 29.4 Å². The van der Waals surface area contributed by atoms with E-state index < -0.39 is 9.85 Å². The Hall–Kier alpha value is -3.16. The molecular formula is C13H11N3O5. The van der Waals surface area contributed by atoms with Gasteiger partial charge < -0.3 is 10.4 Å². The van der Waals surface area contributed by atoms with E-state index in [4.69, 9.17) is 0 Å². The first kappa shape index (κ1) is 14.3. The summed E-state index contributed by atoms with van der Waals surface area (Å²) in [5, 5.41) is 33.7. The first-order valence-electron chi connectivity index (χ1n) is 5.92. The van der Waals surface area contributed by atoms with E-state index >= 15 is 0 Å². The number of hydrogen-bond donors (Lipinski definition) is 2. The van der Waals surface area contributed by atoms with Gasteiger partial charge in [-0.2, -0.15) is 0 Å². The van der Waals surface area contributed by atoms with E-state index in [1.807, 2.05) is 0 Å². The van der Waals surface area contributed by atoms with Crippen LogP contribution in [0.15, 0.2) is 42.5 Å². The molecule has 2 aromatic rings. The molecule has 8 nitrogen and oxygen atoms in total. The molecule has 0 heterocycles. The lowest BCUT2D eigenvalue weighted by Gasteiger charge is -2.07. The lowest BCUT2D eigenvalue weighted by molar-refractivity contribution is -0.384. The SMILES string of the molecule is O=[N+]([O-])c1cccc(CNc2ccc(O)cc2[N+](=O)[O-])c1. The van der Waals surface area contributed by atoms with Gasteiger partial charge in [0.1, 0.15) is 11.4 Å². The van der Waals surface area contributed by atoms with Crippen molar-refractivity contribution in [1.29, 1.82) is 0 Å². The van der Waals surface area contributed by atoms with Gasteiger partial charge in [0.25, 0.3) is 11.4 Å². The highest BCUT2D eigenvalue weighted by Gasteiger charge is 2.14. The average molecular weight is 289 g/mol. The van der Waals surface area contributed by atoms with Crippen LogP contribution >= 0.6 is 0 Å². The van der Waals surface area contributed by atoms with Crippen molar-refractivity contribution in [3.8, 4) is 5.75 Å². The van der Waals surface area contributed by atoms with Gasteiger partial charge in [-0.3, -0.25) is 20.2 Å². The average Bonchev–Trinajstić information content (AvgIpc) is 2.46. The van der Waals surface area contributed by atoms with E-state index in [9.17, 15) is 25.3 Å². The van der Waals surface area contributed by atoms with Crippen LogP contribution in [0.1, 0.15) is 5.56 Å².